The highest BCUT2D eigenvalue weighted by atomic mass is 14.9. The number of hydrogen-bond donors (Lipinski definition) is 1. The minimum atomic E-state index is 0.865. The standard InChI is InChI=1S/C15H31N/c1-5-8-16-11-14-7-6-13(4)10-15(14)9-12(2)3/h12-16H,5-11H2,1-4H3. The molecule has 1 heteroatoms. The molecule has 1 N–H and O–H groups in total. The Labute approximate surface area is 102 Å². The van der Waals surface area contributed by atoms with Crippen LogP contribution in [0.1, 0.15) is 59.8 Å². The largest absolute Gasteiger partial charge is 0.316 e. The molecule has 0 aliphatic heterocycles. The molecule has 3 atom stereocenters. The van der Waals surface area contributed by atoms with E-state index >= 15 is 0 Å². The molecule has 0 aromatic heterocycles. The first kappa shape index (κ1) is 14.0. The van der Waals surface area contributed by atoms with E-state index in [-0.39, 0.29) is 0 Å². The molecule has 0 radical (unpaired) electrons. The predicted octanol–water partition coefficient (Wildman–Crippen LogP) is 4.08. The van der Waals surface area contributed by atoms with Gasteiger partial charge in [0.1, 0.15) is 0 Å². The zero-order chi connectivity index (χ0) is 12.0. The highest BCUT2D eigenvalue weighted by Crippen LogP contribution is 2.37. The third-order valence-electron chi connectivity index (χ3n) is 4.01. The normalized spacial score (nSPS) is 30.9. The van der Waals surface area contributed by atoms with Crippen LogP contribution < -0.4 is 5.32 Å². The molecule has 1 aliphatic carbocycles. The average molecular weight is 225 g/mol. The van der Waals surface area contributed by atoms with Crippen LogP contribution in [0, 0.1) is 23.7 Å². The Hall–Kier alpha value is -0.0400. The van der Waals surface area contributed by atoms with E-state index < -0.39 is 0 Å². The fourth-order valence-corrected chi connectivity index (χ4v) is 3.19. The minimum Gasteiger partial charge on any atom is -0.316 e. The predicted molar refractivity (Wildman–Crippen MR) is 72.6 cm³/mol. The molecule has 1 rings (SSSR count). The van der Waals surface area contributed by atoms with E-state index in [2.05, 4.69) is 33.0 Å². The van der Waals surface area contributed by atoms with Gasteiger partial charge in [-0.2, -0.15) is 0 Å². The molecule has 0 aromatic carbocycles. The monoisotopic (exact) mass is 225 g/mol. The van der Waals surface area contributed by atoms with E-state index in [0.29, 0.717) is 0 Å². The molecular weight excluding hydrogens is 194 g/mol. The molecule has 96 valence electrons. The van der Waals surface area contributed by atoms with E-state index in [9.17, 15) is 0 Å². The molecule has 0 aromatic rings. The topological polar surface area (TPSA) is 12.0 Å². The maximum Gasteiger partial charge on any atom is -0.00179 e. The van der Waals surface area contributed by atoms with Crippen LogP contribution >= 0.6 is 0 Å². The molecule has 1 fully saturated rings. The van der Waals surface area contributed by atoms with Crippen molar-refractivity contribution < 1.29 is 0 Å². The van der Waals surface area contributed by atoms with Crippen molar-refractivity contribution in [2.24, 2.45) is 23.7 Å². The van der Waals surface area contributed by atoms with E-state index in [0.717, 1.165) is 23.7 Å². The average Bonchev–Trinajstić information content (AvgIpc) is 2.20. The Morgan fingerprint density at radius 3 is 2.56 bits per heavy atom. The first-order valence-corrected chi connectivity index (χ1v) is 7.34. The molecule has 1 nitrogen and oxygen atoms in total. The van der Waals surface area contributed by atoms with Crippen molar-refractivity contribution in [3.05, 3.63) is 0 Å². The van der Waals surface area contributed by atoms with Crippen molar-refractivity contribution in [1.82, 2.24) is 5.32 Å². The van der Waals surface area contributed by atoms with Gasteiger partial charge in [-0.25, -0.2) is 0 Å². The van der Waals surface area contributed by atoms with Crippen molar-refractivity contribution in [3.63, 3.8) is 0 Å². The summed E-state index contributed by atoms with van der Waals surface area (Å²) in [6.07, 6.45) is 7.07. The zero-order valence-corrected chi connectivity index (χ0v) is 11.8. The highest BCUT2D eigenvalue weighted by Gasteiger charge is 2.28. The molecule has 1 aliphatic rings. The summed E-state index contributed by atoms with van der Waals surface area (Å²) in [5.74, 6) is 3.76. The van der Waals surface area contributed by atoms with Gasteiger partial charge in [-0.15, -0.1) is 0 Å². The number of rotatable bonds is 6. The van der Waals surface area contributed by atoms with Crippen LogP contribution in [0.4, 0.5) is 0 Å². The van der Waals surface area contributed by atoms with Gasteiger partial charge in [-0.3, -0.25) is 0 Å². The van der Waals surface area contributed by atoms with Gasteiger partial charge in [-0.05, 0) is 62.4 Å². The van der Waals surface area contributed by atoms with Gasteiger partial charge in [0.05, 0.1) is 0 Å². The fourth-order valence-electron chi connectivity index (χ4n) is 3.19. The molecule has 0 amide bonds. The van der Waals surface area contributed by atoms with Crippen LogP contribution in [0.5, 0.6) is 0 Å². The number of hydrogen-bond acceptors (Lipinski definition) is 1. The van der Waals surface area contributed by atoms with Gasteiger partial charge >= 0.3 is 0 Å². The van der Waals surface area contributed by atoms with Gasteiger partial charge in [0.15, 0.2) is 0 Å². The smallest absolute Gasteiger partial charge is 0.00179 e. The summed E-state index contributed by atoms with van der Waals surface area (Å²) in [5.41, 5.74) is 0. The van der Waals surface area contributed by atoms with Gasteiger partial charge in [0.2, 0.25) is 0 Å². The second kappa shape index (κ2) is 7.32. The van der Waals surface area contributed by atoms with E-state index in [1.54, 1.807) is 0 Å². The van der Waals surface area contributed by atoms with Crippen LogP contribution in [-0.4, -0.2) is 13.1 Å². The lowest BCUT2D eigenvalue weighted by molar-refractivity contribution is 0.161. The maximum atomic E-state index is 3.62. The lowest BCUT2D eigenvalue weighted by Gasteiger charge is -2.36. The Balaban J connectivity index is 2.37. The Bertz CT molecular complexity index is 174. The Kier molecular flexibility index (Phi) is 6.41. The van der Waals surface area contributed by atoms with E-state index in [1.807, 2.05) is 0 Å². The summed E-state index contributed by atoms with van der Waals surface area (Å²) in [5, 5.41) is 3.62. The third-order valence-corrected chi connectivity index (χ3v) is 4.01. The Morgan fingerprint density at radius 2 is 1.94 bits per heavy atom. The Morgan fingerprint density at radius 1 is 1.19 bits per heavy atom. The lowest BCUT2D eigenvalue weighted by Crippen LogP contribution is -2.33. The van der Waals surface area contributed by atoms with E-state index in [4.69, 9.17) is 0 Å². The first-order valence-electron chi connectivity index (χ1n) is 7.34. The fraction of sp³-hybridized carbons (Fsp3) is 1.00. The molecule has 0 spiro atoms. The highest BCUT2D eigenvalue weighted by molar-refractivity contribution is 4.80. The van der Waals surface area contributed by atoms with Crippen molar-refractivity contribution in [1.29, 1.82) is 0 Å². The van der Waals surface area contributed by atoms with Crippen molar-refractivity contribution >= 4 is 0 Å². The SMILES string of the molecule is CCCNCC1CCC(C)CC1CC(C)C. The number of nitrogens with one attached hydrogen (secondary N) is 1. The molecule has 0 saturated heterocycles. The second-order valence-corrected chi connectivity index (χ2v) is 6.27. The summed E-state index contributed by atoms with van der Waals surface area (Å²) in [6.45, 7) is 11.9. The van der Waals surface area contributed by atoms with Crippen molar-refractivity contribution in [2.45, 2.75) is 59.8 Å². The second-order valence-electron chi connectivity index (χ2n) is 6.27. The van der Waals surface area contributed by atoms with Crippen LogP contribution in [0.15, 0.2) is 0 Å². The molecule has 3 unspecified atom stereocenters. The summed E-state index contributed by atoms with van der Waals surface area (Å²) in [7, 11) is 0. The van der Waals surface area contributed by atoms with Crippen LogP contribution in [0.25, 0.3) is 0 Å². The first-order chi connectivity index (χ1) is 7.63. The third kappa shape index (κ3) is 4.86. The summed E-state index contributed by atoms with van der Waals surface area (Å²) in [4.78, 5) is 0. The molecular formula is C15H31N. The lowest BCUT2D eigenvalue weighted by atomic mass is 9.71. The quantitative estimate of drug-likeness (QED) is 0.672. The van der Waals surface area contributed by atoms with Crippen molar-refractivity contribution in [2.75, 3.05) is 13.1 Å². The molecule has 16 heavy (non-hydrogen) atoms. The summed E-state index contributed by atoms with van der Waals surface area (Å²) < 4.78 is 0. The minimum absolute atomic E-state index is 0.865. The molecule has 0 heterocycles. The van der Waals surface area contributed by atoms with Crippen LogP contribution in [0.2, 0.25) is 0 Å². The van der Waals surface area contributed by atoms with Gasteiger partial charge in [0.25, 0.3) is 0 Å². The summed E-state index contributed by atoms with van der Waals surface area (Å²) in [6, 6.07) is 0. The van der Waals surface area contributed by atoms with Crippen LogP contribution in [-0.2, 0) is 0 Å². The zero-order valence-electron chi connectivity index (χ0n) is 11.8. The van der Waals surface area contributed by atoms with Crippen molar-refractivity contribution in [3.8, 4) is 0 Å². The van der Waals surface area contributed by atoms with Gasteiger partial charge in [0, 0.05) is 0 Å². The molecule has 1 saturated carbocycles. The van der Waals surface area contributed by atoms with E-state index in [1.165, 1.54) is 45.2 Å². The van der Waals surface area contributed by atoms with Gasteiger partial charge in [-0.1, -0.05) is 34.1 Å². The molecule has 0 bridgehead atoms. The van der Waals surface area contributed by atoms with Crippen LogP contribution in [0.3, 0.4) is 0 Å². The maximum absolute atomic E-state index is 3.62. The summed E-state index contributed by atoms with van der Waals surface area (Å²) >= 11 is 0. The van der Waals surface area contributed by atoms with Gasteiger partial charge < -0.3 is 5.32 Å².